The van der Waals surface area contributed by atoms with Gasteiger partial charge in [0, 0.05) is 22.4 Å². The zero-order chi connectivity index (χ0) is 15.5. The summed E-state index contributed by atoms with van der Waals surface area (Å²) in [4.78, 5) is 14.7. The van der Waals surface area contributed by atoms with Gasteiger partial charge >= 0.3 is 0 Å². The molecule has 3 rings (SSSR count). The number of aryl methyl sites for hydroxylation is 1. The van der Waals surface area contributed by atoms with Crippen molar-refractivity contribution in [2.24, 2.45) is 0 Å². The molecule has 1 aliphatic heterocycles. The number of para-hydroxylation sites is 1. The van der Waals surface area contributed by atoms with Gasteiger partial charge in [0.1, 0.15) is 6.04 Å². The van der Waals surface area contributed by atoms with E-state index in [4.69, 9.17) is 0 Å². The van der Waals surface area contributed by atoms with E-state index in [0.717, 1.165) is 35.2 Å². The van der Waals surface area contributed by atoms with Crippen LogP contribution in [-0.4, -0.2) is 18.5 Å². The Labute approximate surface area is 139 Å². The van der Waals surface area contributed by atoms with Gasteiger partial charge in [-0.3, -0.25) is 4.79 Å². The number of carbonyl (C=O) groups excluding carboxylic acids is 1. The summed E-state index contributed by atoms with van der Waals surface area (Å²) in [7, 11) is 0. The predicted molar refractivity (Wildman–Crippen MR) is 94.3 cm³/mol. The molecular weight excluding hydrogens is 340 g/mol. The number of halogens is 1. The Hall–Kier alpha value is -1.81. The van der Waals surface area contributed by atoms with Gasteiger partial charge < -0.3 is 10.2 Å². The summed E-state index contributed by atoms with van der Waals surface area (Å²) in [6.45, 7) is 2.71. The van der Waals surface area contributed by atoms with Gasteiger partial charge in [0.15, 0.2) is 0 Å². The maximum Gasteiger partial charge on any atom is 0.249 e. The lowest BCUT2D eigenvalue weighted by atomic mass is 10.0. The largest absolute Gasteiger partial charge is 0.374 e. The maximum atomic E-state index is 12.8. The lowest BCUT2D eigenvalue weighted by Crippen LogP contribution is -2.44. The molecule has 1 atom stereocenters. The van der Waals surface area contributed by atoms with Crippen molar-refractivity contribution < 1.29 is 4.79 Å². The first-order chi connectivity index (χ1) is 10.6. The lowest BCUT2D eigenvalue weighted by Gasteiger charge is -2.31. The minimum atomic E-state index is -0.257. The first kappa shape index (κ1) is 15.1. The van der Waals surface area contributed by atoms with Crippen molar-refractivity contribution in [3.05, 3.63) is 58.6 Å². The van der Waals surface area contributed by atoms with Crippen LogP contribution in [0.3, 0.4) is 0 Å². The van der Waals surface area contributed by atoms with Crippen LogP contribution in [0.5, 0.6) is 0 Å². The van der Waals surface area contributed by atoms with Crippen molar-refractivity contribution in [2.75, 3.05) is 16.8 Å². The molecule has 0 saturated heterocycles. The number of nitrogens with zero attached hydrogens (tertiary/aromatic N) is 1. The average Bonchev–Trinajstić information content (AvgIpc) is 2.55. The van der Waals surface area contributed by atoms with E-state index in [0.29, 0.717) is 0 Å². The second-order valence-corrected chi connectivity index (χ2v) is 6.51. The van der Waals surface area contributed by atoms with E-state index >= 15 is 0 Å². The minimum Gasteiger partial charge on any atom is -0.374 e. The highest BCUT2D eigenvalue weighted by atomic mass is 79.9. The molecule has 22 heavy (non-hydrogen) atoms. The summed E-state index contributed by atoms with van der Waals surface area (Å²) in [6, 6.07) is 15.8. The van der Waals surface area contributed by atoms with Crippen LogP contribution in [0.25, 0.3) is 0 Å². The summed E-state index contributed by atoms with van der Waals surface area (Å²) in [5.74, 6) is 0.120. The first-order valence-corrected chi connectivity index (χ1v) is 8.36. The smallest absolute Gasteiger partial charge is 0.249 e. The molecule has 2 aromatic carbocycles. The van der Waals surface area contributed by atoms with E-state index < -0.39 is 0 Å². The van der Waals surface area contributed by atoms with Crippen molar-refractivity contribution in [3.63, 3.8) is 0 Å². The van der Waals surface area contributed by atoms with Gasteiger partial charge in [-0.05, 0) is 55.7 Å². The highest BCUT2D eigenvalue weighted by Crippen LogP contribution is 2.27. The average molecular weight is 359 g/mol. The highest BCUT2D eigenvalue weighted by molar-refractivity contribution is 9.10. The zero-order valence-electron chi connectivity index (χ0n) is 12.6. The second kappa shape index (κ2) is 6.53. The molecule has 4 heteroatoms. The molecule has 1 amide bonds. The molecule has 0 fully saturated rings. The molecule has 0 radical (unpaired) electrons. The molecule has 0 aromatic heterocycles. The number of amides is 1. The van der Waals surface area contributed by atoms with E-state index in [-0.39, 0.29) is 11.9 Å². The van der Waals surface area contributed by atoms with Crippen molar-refractivity contribution in [1.82, 2.24) is 0 Å². The Morgan fingerprint density at radius 1 is 1.18 bits per heavy atom. The highest BCUT2D eigenvalue weighted by Gasteiger charge is 2.25. The van der Waals surface area contributed by atoms with Crippen molar-refractivity contribution >= 4 is 33.2 Å². The third kappa shape index (κ3) is 3.17. The molecule has 0 bridgehead atoms. The van der Waals surface area contributed by atoms with Gasteiger partial charge in [0.2, 0.25) is 5.91 Å². The number of carbonyl (C=O) groups is 1. The van der Waals surface area contributed by atoms with Gasteiger partial charge in [-0.25, -0.2) is 0 Å². The number of hydrogen-bond donors (Lipinski definition) is 1. The molecule has 114 valence electrons. The van der Waals surface area contributed by atoms with Crippen molar-refractivity contribution in [1.29, 1.82) is 0 Å². The van der Waals surface area contributed by atoms with E-state index in [2.05, 4.69) is 27.3 Å². The van der Waals surface area contributed by atoms with Crippen LogP contribution in [0.2, 0.25) is 0 Å². The van der Waals surface area contributed by atoms with Crippen LogP contribution in [0, 0.1) is 0 Å². The van der Waals surface area contributed by atoms with Crippen molar-refractivity contribution in [2.45, 2.75) is 25.8 Å². The van der Waals surface area contributed by atoms with Crippen LogP contribution < -0.4 is 10.2 Å². The van der Waals surface area contributed by atoms with Gasteiger partial charge in [0.05, 0.1) is 0 Å². The Balaban J connectivity index is 1.75. The van der Waals surface area contributed by atoms with E-state index in [1.54, 1.807) is 0 Å². The van der Waals surface area contributed by atoms with E-state index in [9.17, 15) is 4.79 Å². The zero-order valence-corrected chi connectivity index (χ0v) is 14.1. The van der Waals surface area contributed by atoms with Gasteiger partial charge in [-0.1, -0.05) is 34.1 Å². The van der Waals surface area contributed by atoms with Crippen LogP contribution in [-0.2, 0) is 11.2 Å². The minimum absolute atomic E-state index is 0.120. The van der Waals surface area contributed by atoms with Crippen LogP contribution >= 0.6 is 15.9 Å². The third-order valence-electron chi connectivity index (χ3n) is 3.97. The van der Waals surface area contributed by atoms with Crippen LogP contribution in [0.1, 0.15) is 18.9 Å². The summed E-state index contributed by atoms with van der Waals surface area (Å²) in [5, 5.41) is 3.28. The quantitative estimate of drug-likeness (QED) is 0.890. The number of nitrogens with one attached hydrogen (secondary N) is 1. The fraction of sp³-hybridized carbons (Fsp3) is 0.278. The summed E-state index contributed by atoms with van der Waals surface area (Å²) in [5.41, 5.74) is 3.27. The molecule has 0 spiro atoms. The number of fused-ring (bicyclic) bond motifs is 1. The first-order valence-electron chi connectivity index (χ1n) is 7.56. The third-order valence-corrected chi connectivity index (χ3v) is 4.50. The number of anilines is 2. The topological polar surface area (TPSA) is 32.3 Å². The second-order valence-electron chi connectivity index (χ2n) is 5.60. The van der Waals surface area contributed by atoms with E-state index in [1.165, 1.54) is 5.56 Å². The van der Waals surface area contributed by atoms with Gasteiger partial charge in [0.25, 0.3) is 0 Å². The molecule has 0 saturated carbocycles. The molecular formula is C18H19BrN2O. The Kier molecular flexibility index (Phi) is 4.48. The molecule has 1 N–H and O–H groups in total. The van der Waals surface area contributed by atoms with Crippen LogP contribution in [0.15, 0.2) is 53.0 Å². The van der Waals surface area contributed by atoms with Crippen molar-refractivity contribution in [3.8, 4) is 0 Å². The molecule has 2 aromatic rings. The summed E-state index contributed by atoms with van der Waals surface area (Å²) in [6.07, 6.45) is 2.07. The summed E-state index contributed by atoms with van der Waals surface area (Å²) < 4.78 is 1.03. The Morgan fingerprint density at radius 3 is 2.68 bits per heavy atom. The Bertz CT molecular complexity index is 669. The standard InChI is InChI=1S/C18H19BrN2O/c1-13(20-16-10-8-15(19)9-11-16)18(22)21-12-4-6-14-5-2-3-7-17(14)21/h2-3,5,7-11,13,20H,4,6,12H2,1H3. The number of rotatable bonds is 3. The Morgan fingerprint density at radius 2 is 1.91 bits per heavy atom. The summed E-state index contributed by atoms with van der Waals surface area (Å²) >= 11 is 3.42. The fourth-order valence-electron chi connectivity index (χ4n) is 2.85. The molecule has 0 aliphatic carbocycles. The predicted octanol–water partition coefficient (Wildman–Crippen LogP) is 4.23. The van der Waals surface area contributed by atoms with Gasteiger partial charge in [-0.15, -0.1) is 0 Å². The fourth-order valence-corrected chi connectivity index (χ4v) is 3.12. The normalized spacial score (nSPS) is 15.1. The monoisotopic (exact) mass is 358 g/mol. The molecule has 1 unspecified atom stereocenters. The maximum absolute atomic E-state index is 12.8. The van der Waals surface area contributed by atoms with Crippen LogP contribution in [0.4, 0.5) is 11.4 Å². The van der Waals surface area contributed by atoms with E-state index in [1.807, 2.05) is 54.3 Å². The SMILES string of the molecule is CC(Nc1ccc(Br)cc1)C(=O)N1CCCc2ccccc21. The lowest BCUT2D eigenvalue weighted by molar-refractivity contribution is -0.119. The number of hydrogen-bond acceptors (Lipinski definition) is 2. The molecule has 1 aliphatic rings. The van der Waals surface area contributed by atoms with Gasteiger partial charge in [-0.2, -0.15) is 0 Å². The number of benzene rings is 2. The molecule has 3 nitrogen and oxygen atoms in total. The molecule has 1 heterocycles.